The van der Waals surface area contributed by atoms with Crippen molar-refractivity contribution in [3.05, 3.63) is 64.7 Å². The summed E-state index contributed by atoms with van der Waals surface area (Å²) in [5.41, 5.74) is 1.76. The molecule has 7 heteroatoms. The lowest BCUT2D eigenvalue weighted by Gasteiger charge is -2.28. The van der Waals surface area contributed by atoms with Crippen LogP contribution in [0.15, 0.2) is 53.4 Å². The van der Waals surface area contributed by atoms with E-state index in [1.54, 1.807) is 36.4 Å². The highest BCUT2D eigenvalue weighted by atomic mass is 35.5. The molecule has 27 heavy (non-hydrogen) atoms. The molecular formula is C20H23ClO5S. The Morgan fingerprint density at radius 3 is 2.44 bits per heavy atom. The van der Waals surface area contributed by atoms with Crippen LogP contribution in [0.1, 0.15) is 36.5 Å². The van der Waals surface area contributed by atoms with Gasteiger partial charge in [0.15, 0.2) is 6.29 Å². The lowest BCUT2D eigenvalue weighted by molar-refractivity contribution is -0.195. The molecule has 146 valence electrons. The first-order valence-corrected chi connectivity index (χ1v) is 10.7. The molecule has 0 spiro atoms. The zero-order chi connectivity index (χ0) is 19.3. The summed E-state index contributed by atoms with van der Waals surface area (Å²) >= 11 is 5.96. The predicted octanol–water partition coefficient (Wildman–Crippen LogP) is 4.64. The van der Waals surface area contributed by atoms with Crippen molar-refractivity contribution < 1.29 is 22.1 Å². The highest BCUT2D eigenvalue weighted by Crippen LogP contribution is 2.27. The Kier molecular flexibility index (Phi) is 6.89. The molecule has 1 saturated heterocycles. The van der Waals surface area contributed by atoms with E-state index in [4.69, 9.17) is 25.3 Å². The van der Waals surface area contributed by atoms with E-state index in [2.05, 4.69) is 0 Å². The van der Waals surface area contributed by atoms with Crippen LogP contribution in [0, 0.1) is 6.92 Å². The summed E-state index contributed by atoms with van der Waals surface area (Å²) in [6.45, 7) is 2.39. The van der Waals surface area contributed by atoms with Crippen LogP contribution in [0.3, 0.4) is 0 Å². The third kappa shape index (κ3) is 5.77. The van der Waals surface area contributed by atoms with Crippen LogP contribution in [-0.4, -0.2) is 27.9 Å². The van der Waals surface area contributed by atoms with E-state index in [1.165, 1.54) is 12.1 Å². The van der Waals surface area contributed by atoms with E-state index in [9.17, 15) is 8.42 Å². The molecule has 2 aromatic carbocycles. The molecule has 0 aromatic heterocycles. The summed E-state index contributed by atoms with van der Waals surface area (Å²) in [6.07, 6.45) is 1.84. The van der Waals surface area contributed by atoms with Crippen molar-refractivity contribution in [3.63, 3.8) is 0 Å². The van der Waals surface area contributed by atoms with Crippen LogP contribution in [0.4, 0.5) is 0 Å². The molecule has 2 aromatic rings. The Morgan fingerprint density at radius 1 is 1.11 bits per heavy atom. The van der Waals surface area contributed by atoms with Crippen molar-refractivity contribution in [1.29, 1.82) is 0 Å². The quantitative estimate of drug-likeness (QED) is 0.622. The summed E-state index contributed by atoms with van der Waals surface area (Å²) in [4.78, 5) is 0.122. The van der Waals surface area contributed by atoms with Crippen LogP contribution in [0.5, 0.6) is 0 Å². The van der Waals surface area contributed by atoms with Crippen LogP contribution >= 0.6 is 11.6 Å². The minimum Gasteiger partial charge on any atom is -0.353 e. The fraction of sp³-hybridized carbons (Fsp3) is 0.400. The van der Waals surface area contributed by atoms with Crippen molar-refractivity contribution in [1.82, 2.24) is 0 Å². The molecular weight excluding hydrogens is 388 g/mol. The molecule has 1 unspecified atom stereocenters. The highest BCUT2D eigenvalue weighted by Gasteiger charge is 2.24. The highest BCUT2D eigenvalue weighted by molar-refractivity contribution is 7.86. The molecule has 1 aliphatic rings. The molecule has 5 nitrogen and oxygen atoms in total. The number of hydrogen-bond donors (Lipinski definition) is 0. The maximum atomic E-state index is 12.5. The first kappa shape index (κ1) is 20.3. The first-order chi connectivity index (χ1) is 12.9. The Morgan fingerprint density at radius 2 is 1.81 bits per heavy atom. The van der Waals surface area contributed by atoms with Gasteiger partial charge in [-0.1, -0.05) is 41.4 Å². The number of rotatable bonds is 7. The number of ether oxygens (including phenoxy) is 2. The minimum absolute atomic E-state index is 0.122. The third-order valence-electron chi connectivity index (χ3n) is 4.38. The second kappa shape index (κ2) is 9.17. The number of aryl methyl sites for hydroxylation is 1. The number of benzene rings is 2. The normalized spacial score (nSPS) is 19.0. The molecule has 2 atom stereocenters. The van der Waals surface area contributed by atoms with Crippen LogP contribution in [0.25, 0.3) is 0 Å². The summed E-state index contributed by atoms with van der Waals surface area (Å²) in [5, 5.41) is 0.597. The van der Waals surface area contributed by atoms with Gasteiger partial charge in [-0.3, -0.25) is 4.18 Å². The largest absolute Gasteiger partial charge is 0.353 e. The number of halogens is 1. The average Bonchev–Trinajstić information content (AvgIpc) is 2.67. The van der Waals surface area contributed by atoms with E-state index in [0.717, 1.165) is 30.4 Å². The van der Waals surface area contributed by atoms with Gasteiger partial charge in [0.05, 0.1) is 11.5 Å². The molecule has 0 aliphatic carbocycles. The zero-order valence-corrected chi connectivity index (χ0v) is 16.7. The van der Waals surface area contributed by atoms with Crippen molar-refractivity contribution in [2.24, 2.45) is 0 Å². The molecule has 0 amide bonds. The maximum absolute atomic E-state index is 12.5. The maximum Gasteiger partial charge on any atom is 0.297 e. The summed E-state index contributed by atoms with van der Waals surface area (Å²) in [5.74, 6) is 0. The van der Waals surface area contributed by atoms with Crippen LogP contribution in [0.2, 0.25) is 5.02 Å². The zero-order valence-electron chi connectivity index (χ0n) is 15.1. The molecule has 0 N–H and O–H groups in total. The fourth-order valence-corrected chi connectivity index (χ4v) is 3.85. The number of hydrogen-bond acceptors (Lipinski definition) is 5. The first-order valence-electron chi connectivity index (χ1n) is 8.93. The van der Waals surface area contributed by atoms with Crippen LogP contribution in [-0.2, 0) is 23.8 Å². The van der Waals surface area contributed by atoms with Gasteiger partial charge in [-0.05, 0) is 56.0 Å². The van der Waals surface area contributed by atoms with Crippen LogP contribution < -0.4 is 0 Å². The van der Waals surface area contributed by atoms with Crippen molar-refractivity contribution >= 4 is 21.7 Å². The molecule has 3 rings (SSSR count). The smallest absolute Gasteiger partial charge is 0.297 e. The van der Waals surface area contributed by atoms with Gasteiger partial charge in [0.1, 0.15) is 6.10 Å². The molecule has 1 fully saturated rings. The lowest BCUT2D eigenvalue weighted by Crippen LogP contribution is -2.27. The van der Waals surface area contributed by atoms with Crippen molar-refractivity contribution in [2.45, 2.75) is 43.5 Å². The van der Waals surface area contributed by atoms with Gasteiger partial charge in [0, 0.05) is 11.6 Å². The molecule has 1 aliphatic heterocycles. The van der Waals surface area contributed by atoms with Gasteiger partial charge >= 0.3 is 0 Å². The average molecular weight is 411 g/mol. The second-order valence-electron chi connectivity index (χ2n) is 6.52. The Bertz CT molecular complexity index is 828. The summed E-state index contributed by atoms with van der Waals surface area (Å²) in [6, 6.07) is 13.6. The molecule has 0 bridgehead atoms. The van der Waals surface area contributed by atoms with E-state index in [1.807, 2.05) is 6.92 Å². The monoisotopic (exact) mass is 410 g/mol. The minimum atomic E-state index is -3.88. The lowest BCUT2D eigenvalue weighted by atomic mass is 10.1. The van der Waals surface area contributed by atoms with E-state index in [-0.39, 0.29) is 17.8 Å². The Labute approximate surface area is 165 Å². The fourth-order valence-electron chi connectivity index (χ4n) is 2.82. The van der Waals surface area contributed by atoms with E-state index in [0.29, 0.717) is 11.6 Å². The predicted molar refractivity (Wildman–Crippen MR) is 103 cm³/mol. The Hall–Kier alpha value is -1.44. The molecule has 1 heterocycles. The van der Waals surface area contributed by atoms with Gasteiger partial charge < -0.3 is 9.47 Å². The third-order valence-corrected chi connectivity index (χ3v) is 5.93. The molecule has 0 saturated carbocycles. The van der Waals surface area contributed by atoms with Gasteiger partial charge in [0.2, 0.25) is 0 Å². The van der Waals surface area contributed by atoms with Crippen molar-refractivity contribution in [3.8, 4) is 0 Å². The summed E-state index contributed by atoms with van der Waals surface area (Å²) in [7, 11) is -3.88. The summed E-state index contributed by atoms with van der Waals surface area (Å²) < 4.78 is 41.9. The van der Waals surface area contributed by atoms with Gasteiger partial charge in [0.25, 0.3) is 10.1 Å². The van der Waals surface area contributed by atoms with E-state index < -0.39 is 16.2 Å². The Balaban J connectivity index is 1.73. The van der Waals surface area contributed by atoms with Crippen molar-refractivity contribution in [2.75, 3.05) is 13.2 Å². The molecule has 0 radical (unpaired) electrons. The topological polar surface area (TPSA) is 61.8 Å². The second-order valence-corrected chi connectivity index (χ2v) is 8.58. The van der Waals surface area contributed by atoms with Gasteiger partial charge in [-0.2, -0.15) is 8.42 Å². The SMILES string of the molecule is Cc1ccc(S(=O)(=O)OC[C@H](OC2CCCCO2)c2ccc(Cl)cc2)cc1. The van der Waals surface area contributed by atoms with E-state index >= 15 is 0 Å². The van der Waals surface area contributed by atoms with Gasteiger partial charge in [-0.15, -0.1) is 0 Å². The van der Waals surface area contributed by atoms with Gasteiger partial charge in [-0.25, -0.2) is 0 Å². The standard InChI is InChI=1S/C20H23ClO5S/c1-15-5-11-18(12-6-15)27(22,23)25-14-19(16-7-9-17(21)10-8-16)26-20-4-2-3-13-24-20/h5-12,19-20H,2-4,13-14H2,1H3/t19-,20?/m0/s1.